The van der Waals surface area contributed by atoms with E-state index in [2.05, 4.69) is 5.32 Å². The molecule has 1 saturated heterocycles. The summed E-state index contributed by atoms with van der Waals surface area (Å²) in [5, 5.41) is 2.70. The number of anilines is 1. The van der Waals surface area contributed by atoms with E-state index in [9.17, 15) is 18.4 Å². The molecule has 2 amide bonds. The number of hydrogen-bond donors (Lipinski definition) is 1. The van der Waals surface area contributed by atoms with Crippen molar-refractivity contribution >= 4 is 17.5 Å². The van der Waals surface area contributed by atoms with Gasteiger partial charge < -0.3 is 5.32 Å². The van der Waals surface area contributed by atoms with E-state index in [0.29, 0.717) is 0 Å². The van der Waals surface area contributed by atoms with Crippen molar-refractivity contribution in [3.8, 4) is 0 Å². The molecule has 1 atom stereocenters. The van der Waals surface area contributed by atoms with Crippen molar-refractivity contribution in [2.24, 2.45) is 0 Å². The third-order valence-corrected chi connectivity index (χ3v) is 2.90. The van der Waals surface area contributed by atoms with Crippen molar-refractivity contribution in [2.75, 3.05) is 5.32 Å². The molecule has 4 nitrogen and oxygen atoms in total. The van der Waals surface area contributed by atoms with Crippen LogP contribution >= 0.6 is 0 Å². The highest BCUT2D eigenvalue weighted by molar-refractivity contribution is 6.07. The van der Waals surface area contributed by atoms with Crippen molar-refractivity contribution in [3.05, 3.63) is 29.8 Å². The molecule has 0 radical (unpaired) electrons. The van der Waals surface area contributed by atoms with Gasteiger partial charge in [-0.15, -0.1) is 0 Å². The van der Waals surface area contributed by atoms with Crippen molar-refractivity contribution in [2.45, 2.75) is 32.4 Å². The molecule has 1 heterocycles. The minimum absolute atomic E-state index is 0.00482. The Kier molecular flexibility index (Phi) is 3.50. The highest BCUT2D eigenvalue weighted by Crippen LogP contribution is 2.21. The second-order valence-corrected chi connectivity index (χ2v) is 4.75. The van der Waals surface area contributed by atoms with Gasteiger partial charge in [0.05, 0.1) is 6.42 Å². The summed E-state index contributed by atoms with van der Waals surface area (Å²) in [6.07, 6.45) is -0.00482. The largest absolute Gasteiger partial charge is 0.373 e. The summed E-state index contributed by atoms with van der Waals surface area (Å²) >= 11 is 0. The van der Waals surface area contributed by atoms with Crippen molar-refractivity contribution in [1.82, 2.24) is 4.90 Å². The zero-order valence-corrected chi connectivity index (χ0v) is 10.6. The lowest BCUT2D eigenvalue weighted by molar-refractivity contribution is -0.140. The molecular formula is C13H14F2N2O2. The minimum Gasteiger partial charge on any atom is -0.373 e. The summed E-state index contributed by atoms with van der Waals surface area (Å²) in [6.45, 7) is 3.47. The van der Waals surface area contributed by atoms with Crippen LogP contribution < -0.4 is 5.32 Å². The van der Waals surface area contributed by atoms with Crippen LogP contribution in [0.1, 0.15) is 20.3 Å². The van der Waals surface area contributed by atoms with E-state index in [1.165, 1.54) is 0 Å². The Bertz CT molecular complexity index is 511. The average molecular weight is 268 g/mol. The smallest absolute Gasteiger partial charge is 0.252 e. The number of benzene rings is 1. The van der Waals surface area contributed by atoms with Gasteiger partial charge in [-0.1, -0.05) is 0 Å². The van der Waals surface area contributed by atoms with Gasteiger partial charge in [0.15, 0.2) is 0 Å². The van der Waals surface area contributed by atoms with E-state index < -0.39 is 17.7 Å². The van der Waals surface area contributed by atoms with Gasteiger partial charge in [-0.25, -0.2) is 8.78 Å². The molecular weight excluding hydrogens is 254 g/mol. The predicted molar refractivity (Wildman–Crippen MR) is 65.4 cm³/mol. The number of halogens is 2. The first-order valence-corrected chi connectivity index (χ1v) is 5.97. The van der Waals surface area contributed by atoms with Gasteiger partial charge in [0, 0.05) is 17.8 Å². The Morgan fingerprint density at radius 2 is 1.79 bits per heavy atom. The van der Waals surface area contributed by atoms with Crippen LogP contribution in [0.25, 0.3) is 0 Å². The molecule has 0 spiro atoms. The molecule has 1 N–H and O–H groups in total. The summed E-state index contributed by atoms with van der Waals surface area (Å²) in [7, 11) is 0. The van der Waals surface area contributed by atoms with E-state index in [4.69, 9.17) is 0 Å². The van der Waals surface area contributed by atoms with Gasteiger partial charge in [-0.2, -0.15) is 0 Å². The first kappa shape index (κ1) is 13.5. The van der Waals surface area contributed by atoms with Crippen LogP contribution in [0.15, 0.2) is 18.2 Å². The number of rotatable bonds is 3. The third-order valence-electron chi connectivity index (χ3n) is 2.90. The summed E-state index contributed by atoms with van der Waals surface area (Å²) in [6, 6.07) is 1.91. The summed E-state index contributed by atoms with van der Waals surface area (Å²) in [5.74, 6) is -2.13. The fourth-order valence-electron chi connectivity index (χ4n) is 2.14. The van der Waals surface area contributed by atoms with Crippen LogP contribution in [0.5, 0.6) is 0 Å². The van der Waals surface area contributed by atoms with Crippen LogP contribution in [0.3, 0.4) is 0 Å². The zero-order valence-electron chi connectivity index (χ0n) is 10.6. The second kappa shape index (κ2) is 4.95. The predicted octanol–water partition coefficient (Wildman–Crippen LogP) is 1.91. The van der Waals surface area contributed by atoms with Gasteiger partial charge in [0.25, 0.3) is 5.91 Å². The fourth-order valence-corrected chi connectivity index (χ4v) is 2.14. The molecule has 1 aliphatic heterocycles. The Morgan fingerprint density at radius 1 is 1.21 bits per heavy atom. The number of carbonyl (C=O) groups excluding carboxylic acids is 2. The van der Waals surface area contributed by atoms with Crippen LogP contribution in [0.4, 0.5) is 14.5 Å². The quantitative estimate of drug-likeness (QED) is 0.852. The van der Waals surface area contributed by atoms with Crippen molar-refractivity contribution < 1.29 is 18.4 Å². The Hall–Kier alpha value is -1.98. The maximum atomic E-state index is 13.0. The lowest BCUT2D eigenvalue weighted by Gasteiger charge is -2.19. The van der Waals surface area contributed by atoms with Gasteiger partial charge >= 0.3 is 0 Å². The Labute approximate surface area is 109 Å². The molecule has 1 unspecified atom stereocenters. The van der Waals surface area contributed by atoms with Crippen LogP contribution in [0.2, 0.25) is 0 Å². The lowest BCUT2D eigenvalue weighted by atomic mass is 10.2. The SMILES string of the molecule is CC(C)N1C(=O)CC(Nc2cc(F)cc(F)c2)C1=O. The first-order valence-electron chi connectivity index (χ1n) is 5.97. The van der Waals surface area contributed by atoms with E-state index in [-0.39, 0.29) is 30.0 Å². The van der Waals surface area contributed by atoms with Gasteiger partial charge in [-0.3, -0.25) is 14.5 Å². The Morgan fingerprint density at radius 3 is 2.26 bits per heavy atom. The average Bonchev–Trinajstić information content (AvgIpc) is 2.52. The molecule has 0 aliphatic carbocycles. The molecule has 0 aromatic heterocycles. The molecule has 19 heavy (non-hydrogen) atoms. The first-order chi connectivity index (χ1) is 8.88. The molecule has 1 aromatic carbocycles. The van der Waals surface area contributed by atoms with Gasteiger partial charge in [-0.05, 0) is 26.0 Å². The molecule has 0 bridgehead atoms. The minimum atomic E-state index is -0.768. The summed E-state index contributed by atoms with van der Waals surface area (Å²) < 4.78 is 26.1. The number of likely N-dealkylation sites (tertiary alicyclic amines) is 1. The van der Waals surface area contributed by atoms with E-state index >= 15 is 0 Å². The molecule has 0 saturated carbocycles. The second-order valence-electron chi connectivity index (χ2n) is 4.75. The number of nitrogens with one attached hydrogen (secondary N) is 1. The number of nitrogens with zero attached hydrogens (tertiary/aromatic N) is 1. The highest BCUT2D eigenvalue weighted by Gasteiger charge is 2.39. The maximum absolute atomic E-state index is 13.0. The standard InChI is InChI=1S/C13H14F2N2O2/c1-7(2)17-12(18)6-11(13(17)19)16-10-4-8(14)3-9(15)5-10/h3-5,7,11,16H,6H2,1-2H3. The van der Waals surface area contributed by atoms with Gasteiger partial charge in [0.2, 0.25) is 5.91 Å². The Balaban J connectivity index is 2.16. The molecule has 102 valence electrons. The van der Waals surface area contributed by atoms with E-state index in [0.717, 1.165) is 23.1 Å². The number of amides is 2. The topological polar surface area (TPSA) is 49.4 Å². The number of hydrogen-bond acceptors (Lipinski definition) is 3. The normalized spacial score (nSPS) is 19.4. The van der Waals surface area contributed by atoms with Crippen molar-refractivity contribution in [1.29, 1.82) is 0 Å². The summed E-state index contributed by atoms with van der Waals surface area (Å²) in [5.41, 5.74) is 0.147. The number of imide groups is 1. The fraction of sp³-hybridized carbons (Fsp3) is 0.385. The molecule has 1 fully saturated rings. The lowest BCUT2D eigenvalue weighted by Crippen LogP contribution is -2.39. The zero-order chi connectivity index (χ0) is 14.2. The monoisotopic (exact) mass is 268 g/mol. The van der Waals surface area contributed by atoms with E-state index in [1.807, 2.05) is 0 Å². The summed E-state index contributed by atoms with van der Waals surface area (Å²) in [4.78, 5) is 24.8. The highest BCUT2D eigenvalue weighted by atomic mass is 19.1. The van der Waals surface area contributed by atoms with E-state index in [1.54, 1.807) is 13.8 Å². The van der Waals surface area contributed by atoms with Crippen molar-refractivity contribution in [3.63, 3.8) is 0 Å². The molecule has 2 rings (SSSR count). The number of carbonyl (C=O) groups is 2. The van der Waals surface area contributed by atoms with Gasteiger partial charge in [0.1, 0.15) is 17.7 Å². The molecule has 1 aliphatic rings. The van der Waals surface area contributed by atoms with Crippen LogP contribution in [-0.4, -0.2) is 28.8 Å². The maximum Gasteiger partial charge on any atom is 0.252 e. The van der Waals surface area contributed by atoms with Crippen LogP contribution in [0, 0.1) is 11.6 Å². The third kappa shape index (κ3) is 2.72. The van der Waals surface area contributed by atoms with Crippen LogP contribution in [-0.2, 0) is 9.59 Å². The molecule has 1 aromatic rings. The molecule has 6 heteroatoms.